The molecule has 0 aromatic heterocycles. The molecule has 0 aliphatic heterocycles. The highest BCUT2D eigenvalue weighted by Gasteiger charge is 2.10. The van der Waals surface area contributed by atoms with E-state index in [0.717, 1.165) is 21.5 Å². The fourth-order valence-corrected chi connectivity index (χ4v) is 2.24. The average molecular weight is 334 g/mol. The molecule has 0 bridgehead atoms. The van der Waals surface area contributed by atoms with Crippen LogP contribution < -0.4 is 10.1 Å². The van der Waals surface area contributed by atoms with Crippen molar-refractivity contribution in [1.82, 2.24) is 0 Å². The van der Waals surface area contributed by atoms with Gasteiger partial charge >= 0.3 is 0 Å². The second-order valence-electron chi connectivity index (χ2n) is 4.39. The first-order valence-electron chi connectivity index (χ1n) is 6.40. The maximum Gasteiger partial charge on any atom is 0.256 e. The highest BCUT2D eigenvalue weighted by atomic mass is 79.9. The van der Waals surface area contributed by atoms with E-state index in [2.05, 4.69) is 21.2 Å². The van der Waals surface area contributed by atoms with Crippen molar-refractivity contribution in [2.24, 2.45) is 0 Å². The lowest BCUT2D eigenvalue weighted by Gasteiger charge is -2.09. The molecule has 104 valence electrons. The van der Waals surface area contributed by atoms with Crippen molar-refractivity contribution >= 4 is 27.5 Å². The zero-order chi connectivity index (χ0) is 14.5. The SMILES string of the molecule is CCOc1ccc(NC(=O)c2cc(C)ccc2Br)cc1. The van der Waals surface area contributed by atoms with Crippen LogP contribution in [0.1, 0.15) is 22.8 Å². The predicted molar refractivity (Wildman–Crippen MR) is 84.4 cm³/mol. The molecular weight excluding hydrogens is 318 g/mol. The first-order valence-corrected chi connectivity index (χ1v) is 7.20. The lowest BCUT2D eigenvalue weighted by molar-refractivity contribution is 0.102. The van der Waals surface area contributed by atoms with E-state index in [0.29, 0.717) is 12.2 Å². The minimum absolute atomic E-state index is 0.135. The van der Waals surface area contributed by atoms with Crippen LogP contribution in [0.3, 0.4) is 0 Å². The third kappa shape index (κ3) is 3.61. The van der Waals surface area contributed by atoms with E-state index in [4.69, 9.17) is 4.74 Å². The van der Waals surface area contributed by atoms with E-state index in [9.17, 15) is 4.79 Å². The molecule has 0 unspecified atom stereocenters. The minimum Gasteiger partial charge on any atom is -0.494 e. The van der Waals surface area contributed by atoms with Gasteiger partial charge in [0.1, 0.15) is 5.75 Å². The smallest absolute Gasteiger partial charge is 0.256 e. The van der Waals surface area contributed by atoms with E-state index in [1.807, 2.05) is 56.3 Å². The Morgan fingerprint density at radius 2 is 1.90 bits per heavy atom. The molecule has 0 radical (unpaired) electrons. The van der Waals surface area contributed by atoms with Gasteiger partial charge in [0, 0.05) is 10.2 Å². The quantitative estimate of drug-likeness (QED) is 0.899. The topological polar surface area (TPSA) is 38.3 Å². The molecule has 0 saturated carbocycles. The number of amides is 1. The number of ether oxygens (including phenoxy) is 1. The summed E-state index contributed by atoms with van der Waals surface area (Å²) in [6, 6.07) is 13.0. The zero-order valence-corrected chi connectivity index (χ0v) is 13.0. The Morgan fingerprint density at radius 3 is 2.55 bits per heavy atom. The second-order valence-corrected chi connectivity index (χ2v) is 5.25. The zero-order valence-electron chi connectivity index (χ0n) is 11.4. The first-order chi connectivity index (χ1) is 9.60. The summed E-state index contributed by atoms with van der Waals surface area (Å²) in [5, 5.41) is 2.87. The Kier molecular flexibility index (Phi) is 4.79. The molecule has 4 heteroatoms. The fourth-order valence-electron chi connectivity index (χ4n) is 1.81. The van der Waals surface area contributed by atoms with Gasteiger partial charge in [0.15, 0.2) is 0 Å². The maximum absolute atomic E-state index is 12.2. The monoisotopic (exact) mass is 333 g/mol. The molecule has 1 N–H and O–H groups in total. The summed E-state index contributed by atoms with van der Waals surface area (Å²) in [6.45, 7) is 4.52. The van der Waals surface area contributed by atoms with Crippen LogP contribution in [0.5, 0.6) is 5.75 Å². The second kappa shape index (κ2) is 6.57. The summed E-state index contributed by atoms with van der Waals surface area (Å²) in [5.74, 6) is 0.659. The van der Waals surface area contributed by atoms with E-state index in [1.54, 1.807) is 0 Å². The molecule has 0 spiro atoms. The van der Waals surface area contributed by atoms with Crippen molar-refractivity contribution in [2.75, 3.05) is 11.9 Å². The van der Waals surface area contributed by atoms with Crippen molar-refractivity contribution in [3.63, 3.8) is 0 Å². The van der Waals surface area contributed by atoms with Gasteiger partial charge < -0.3 is 10.1 Å². The number of rotatable bonds is 4. The van der Waals surface area contributed by atoms with E-state index < -0.39 is 0 Å². The van der Waals surface area contributed by atoms with Gasteiger partial charge in [-0.1, -0.05) is 11.6 Å². The summed E-state index contributed by atoms with van der Waals surface area (Å²) in [7, 11) is 0. The van der Waals surface area contributed by atoms with Crippen molar-refractivity contribution in [3.8, 4) is 5.75 Å². The minimum atomic E-state index is -0.135. The Labute approximate surface area is 127 Å². The lowest BCUT2D eigenvalue weighted by Crippen LogP contribution is -2.12. The van der Waals surface area contributed by atoms with Gasteiger partial charge in [0.2, 0.25) is 0 Å². The van der Waals surface area contributed by atoms with Crippen molar-refractivity contribution in [1.29, 1.82) is 0 Å². The number of aryl methyl sites for hydroxylation is 1. The molecule has 0 atom stereocenters. The molecule has 0 saturated heterocycles. The van der Waals surface area contributed by atoms with Crippen LogP contribution in [0.2, 0.25) is 0 Å². The number of carbonyl (C=O) groups excluding carboxylic acids is 1. The van der Waals surface area contributed by atoms with Gasteiger partial charge in [-0.15, -0.1) is 0 Å². The van der Waals surface area contributed by atoms with Gasteiger partial charge in [0.05, 0.1) is 12.2 Å². The largest absolute Gasteiger partial charge is 0.494 e. The Balaban J connectivity index is 2.13. The number of carbonyl (C=O) groups is 1. The number of benzene rings is 2. The molecule has 2 rings (SSSR count). The van der Waals surface area contributed by atoms with Gasteiger partial charge in [-0.05, 0) is 66.2 Å². The molecule has 0 aliphatic rings. The summed E-state index contributed by atoms with van der Waals surface area (Å²) in [5.41, 5.74) is 2.41. The third-order valence-electron chi connectivity index (χ3n) is 2.79. The molecule has 0 aliphatic carbocycles. The Morgan fingerprint density at radius 1 is 1.20 bits per heavy atom. The van der Waals surface area contributed by atoms with Crippen LogP contribution in [0.15, 0.2) is 46.9 Å². The molecule has 1 amide bonds. The molecule has 2 aromatic rings. The molecule has 2 aromatic carbocycles. The number of hydrogen-bond acceptors (Lipinski definition) is 2. The van der Waals surface area contributed by atoms with Gasteiger partial charge in [-0.25, -0.2) is 0 Å². The van der Waals surface area contributed by atoms with E-state index in [1.165, 1.54) is 0 Å². The van der Waals surface area contributed by atoms with Crippen LogP contribution in [0.4, 0.5) is 5.69 Å². The standard InChI is InChI=1S/C16H16BrNO2/c1-3-20-13-7-5-12(6-8-13)18-16(19)14-10-11(2)4-9-15(14)17/h4-10H,3H2,1-2H3,(H,18,19). The Bertz CT molecular complexity index is 608. The molecule has 0 fully saturated rings. The number of anilines is 1. The first kappa shape index (κ1) is 14.6. The van der Waals surface area contributed by atoms with Crippen molar-refractivity contribution in [2.45, 2.75) is 13.8 Å². The van der Waals surface area contributed by atoms with Crippen molar-refractivity contribution < 1.29 is 9.53 Å². The van der Waals surface area contributed by atoms with Crippen LogP contribution in [-0.2, 0) is 0 Å². The van der Waals surface area contributed by atoms with Crippen LogP contribution in [-0.4, -0.2) is 12.5 Å². The molecule has 20 heavy (non-hydrogen) atoms. The Hall–Kier alpha value is -1.81. The number of nitrogens with one attached hydrogen (secondary N) is 1. The fraction of sp³-hybridized carbons (Fsp3) is 0.188. The van der Waals surface area contributed by atoms with Gasteiger partial charge in [-0.2, -0.15) is 0 Å². The summed E-state index contributed by atoms with van der Waals surface area (Å²) >= 11 is 3.40. The summed E-state index contributed by atoms with van der Waals surface area (Å²) in [4.78, 5) is 12.2. The van der Waals surface area contributed by atoms with E-state index in [-0.39, 0.29) is 5.91 Å². The third-order valence-corrected chi connectivity index (χ3v) is 3.48. The van der Waals surface area contributed by atoms with Crippen LogP contribution in [0.25, 0.3) is 0 Å². The maximum atomic E-state index is 12.2. The highest BCUT2D eigenvalue weighted by Crippen LogP contribution is 2.21. The molecular formula is C16H16BrNO2. The average Bonchev–Trinajstić information content (AvgIpc) is 2.44. The lowest BCUT2D eigenvalue weighted by atomic mass is 10.1. The van der Waals surface area contributed by atoms with Gasteiger partial charge in [0.25, 0.3) is 5.91 Å². The van der Waals surface area contributed by atoms with Gasteiger partial charge in [-0.3, -0.25) is 4.79 Å². The van der Waals surface area contributed by atoms with Crippen molar-refractivity contribution in [3.05, 3.63) is 58.1 Å². The number of hydrogen-bond donors (Lipinski definition) is 1. The highest BCUT2D eigenvalue weighted by molar-refractivity contribution is 9.10. The molecule has 0 heterocycles. The molecule has 3 nitrogen and oxygen atoms in total. The van der Waals surface area contributed by atoms with E-state index >= 15 is 0 Å². The van der Waals surface area contributed by atoms with Crippen LogP contribution >= 0.6 is 15.9 Å². The summed E-state index contributed by atoms with van der Waals surface area (Å²) in [6.07, 6.45) is 0. The van der Waals surface area contributed by atoms with Crippen LogP contribution in [0, 0.1) is 6.92 Å². The normalized spacial score (nSPS) is 10.2. The summed E-state index contributed by atoms with van der Waals surface area (Å²) < 4.78 is 6.15. The number of halogens is 1. The predicted octanol–water partition coefficient (Wildman–Crippen LogP) is 4.41.